The molecule has 0 aliphatic carbocycles. The quantitative estimate of drug-likeness (QED) is 0.785. The van der Waals surface area contributed by atoms with Crippen molar-refractivity contribution < 1.29 is 14.7 Å². The van der Waals surface area contributed by atoms with Gasteiger partial charge in [0.25, 0.3) is 0 Å². The Bertz CT molecular complexity index is 672. The van der Waals surface area contributed by atoms with E-state index in [0.717, 1.165) is 0 Å². The molecule has 0 aliphatic rings. The highest BCUT2D eigenvalue weighted by molar-refractivity contribution is 7.09. The molecule has 8 heteroatoms. The summed E-state index contributed by atoms with van der Waals surface area (Å²) >= 11 is 7.25. The highest BCUT2D eigenvalue weighted by Gasteiger charge is 2.09. The van der Waals surface area contributed by atoms with Gasteiger partial charge >= 0.3 is 5.97 Å². The second-order valence-corrected chi connectivity index (χ2v) is 5.19. The topological polar surface area (TPSA) is 105 Å². The number of rotatable bonds is 5. The van der Waals surface area contributed by atoms with E-state index >= 15 is 0 Å². The predicted molar refractivity (Wildman–Crippen MR) is 76.4 cm³/mol. The molecule has 0 saturated carbocycles. The van der Waals surface area contributed by atoms with E-state index in [1.807, 2.05) is 0 Å². The van der Waals surface area contributed by atoms with Crippen molar-refractivity contribution in [3.8, 4) is 0 Å². The van der Waals surface area contributed by atoms with Crippen LogP contribution >= 0.6 is 22.9 Å². The predicted octanol–water partition coefficient (Wildman–Crippen LogP) is 2.21. The molecule has 0 spiro atoms. The van der Waals surface area contributed by atoms with Crippen molar-refractivity contribution in [2.75, 3.05) is 5.32 Å². The zero-order chi connectivity index (χ0) is 14.7. The summed E-state index contributed by atoms with van der Waals surface area (Å²) in [5.74, 6) is -1.61. The Morgan fingerprint density at radius 3 is 2.75 bits per heavy atom. The zero-order valence-corrected chi connectivity index (χ0v) is 11.7. The summed E-state index contributed by atoms with van der Waals surface area (Å²) < 4.78 is 0. The molecule has 20 heavy (non-hydrogen) atoms. The van der Waals surface area contributed by atoms with Crippen molar-refractivity contribution in [2.24, 2.45) is 5.73 Å². The Morgan fingerprint density at radius 2 is 2.20 bits per heavy atom. The number of nitrogens with two attached hydrogens (primary N) is 1. The maximum absolute atomic E-state index is 11.0. The van der Waals surface area contributed by atoms with Crippen molar-refractivity contribution >= 4 is 40.5 Å². The highest BCUT2D eigenvalue weighted by Crippen LogP contribution is 2.24. The normalized spacial score (nSPS) is 10.2. The Morgan fingerprint density at radius 1 is 1.45 bits per heavy atom. The molecule has 4 N–H and O–H groups in total. The van der Waals surface area contributed by atoms with Crippen molar-refractivity contribution in [3.63, 3.8) is 0 Å². The molecule has 0 unspecified atom stereocenters. The summed E-state index contributed by atoms with van der Waals surface area (Å²) in [4.78, 5) is 25.6. The molecule has 1 amide bonds. The number of nitrogens with zero attached hydrogens (tertiary/aromatic N) is 1. The number of anilines is 1. The van der Waals surface area contributed by atoms with E-state index in [1.54, 1.807) is 12.1 Å². The zero-order valence-electron chi connectivity index (χ0n) is 10.1. The van der Waals surface area contributed by atoms with E-state index in [2.05, 4.69) is 10.3 Å². The minimum Gasteiger partial charge on any atom is -0.476 e. The van der Waals surface area contributed by atoms with Gasteiger partial charge in [-0.05, 0) is 18.2 Å². The third kappa shape index (κ3) is 3.25. The molecule has 0 atom stereocenters. The van der Waals surface area contributed by atoms with Crippen LogP contribution in [-0.4, -0.2) is 22.0 Å². The number of halogens is 1. The molecule has 0 aliphatic heterocycles. The summed E-state index contributed by atoms with van der Waals surface area (Å²) in [5.41, 5.74) is 6.10. The fraction of sp³-hybridized carbons (Fsp3) is 0.0833. The van der Waals surface area contributed by atoms with Crippen LogP contribution in [0.3, 0.4) is 0 Å². The molecule has 6 nitrogen and oxygen atoms in total. The van der Waals surface area contributed by atoms with E-state index in [4.69, 9.17) is 22.4 Å². The Balaban J connectivity index is 2.06. The molecular formula is C12H10ClN3O3S. The summed E-state index contributed by atoms with van der Waals surface area (Å²) in [6, 6.07) is 4.66. The van der Waals surface area contributed by atoms with Gasteiger partial charge in [-0.2, -0.15) is 0 Å². The molecule has 104 valence electrons. The number of hydrogen-bond donors (Lipinski definition) is 3. The number of carbonyl (C=O) groups excluding carboxylic acids is 1. The molecule has 1 heterocycles. The van der Waals surface area contributed by atoms with E-state index in [1.165, 1.54) is 22.8 Å². The summed E-state index contributed by atoms with van der Waals surface area (Å²) in [5, 5.41) is 14.2. The second kappa shape index (κ2) is 5.89. The smallest absolute Gasteiger partial charge is 0.355 e. The molecule has 2 aromatic rings. The molecule has 0 saturated heterocycles. The van der Waals surface area contributed by atoms with Crippen molar-refractivity contribution in [1.29, 1.82) is 0 Å². The van der Waals surface area contributed by atoms with Crippen molar-refractivity contribution in [1.82, 2.24) is 4.98 Å². The first-order valence-corrected chi connectivity index (χ1v) is 6.74. The highest BCUT2D eigenvalue weighted by atomic mass is 35.5. The molecule has 0 radical (unpaired) electrons. The van der Waals surface area contributed by atoms with E-state index < -0.39 is 11.9 Å². The Kier molecular flexibility index (Phi) is 4.21. The minimum absolute atomic E-state index is 0.0157. The molecule has 2 rings (SSSR count). The number of aromatic carboxylic acids is 1. The van der Waals surface area contributed by atoms with Gasteiger partial charge in [-0.15, -0.1) is 11.3 Å². The van der Waals surface area contributed by atoms with Crippen LogP contribution in [0.2, 0.25) is 5.02 Å². The first kappa shape index (κ1) is 14.3. The number of benzene rings is 1. The number of nitrogens with one attached hydrogen (secondary N) is 1. The van der Waals surface area contributed by atoms with Crippen LogP contribution in [-0.2, 0) is 6.54 Å². The number of carboxylic acids is 1. The fourth-order valence-corrected chi connectivity index (χ4v) is 2.43. The maximum Gasteiger partial charge on any atom is 0.355 e. The van der Waals surface area contributed by atoms with Gasteiger partial charge in [-0.25, -0.2) is 9.78 Å². The first-order chi connectivity index (χ1) is 9.47. The number of carboxylic acid groups (broad SMARTS) is 1. The lowest BCUT2D eigenvalue weighted by molar-refractivity contribution is 0.0691. The Hall–Kier alpha value is -2.12. The second-order valence-electron chi connectivity index (χ2n) is 3.84. The van der Waals surface area contributed by atoms with Crippen molar-refractivity contribution in [3.05, 3.63) is 44.9 Å². The van der Waals surface area contributed by atoms with E-state index in [-0.39, 0.29) is 5.69 Å². The molecular weight excluding hydrogens is 302 g/mol. The van der Waals surface area contributed by atoms with Crippen LogP contribution < -0.4 is 11.1 Å². The van der Waals surface area contributed by atoms with E-state index in [0.29, 0.717) is 27.8 Å². The number of hydrogen-bond acceptors (Lipinski definition) is 5. The number of primary amides is 1. The number of amides is 1. The lowest BCUT2D eigenvalue weighted by Gasteiger charge is -2.07. The molecule has 1 aromatic carbocycles. The average molecular weight is 312 g/mol. The SMILES string of the molecule is NC(=O)c1ccc(NCc2nc(C(=O)O)cs2)c(Cl)c1. The number of aromatic nitrogens is 1. The monoisotopic (exact) mass is 311 g/mol. The van der Waals surface area contributed by atoms with Crippen LogP contribution in [0.5, 0.6) is 0 Å². The third-order valence-corrected chi connectivity index (χ3v) is 3.62. The first-order valence-electron chi connectivity index (χ1n) is 5.48. The van der Waals surface area contributed by atoms with Gasteiger partial charge in [0.05, 0.1) is 17.3 Å². The van der Waals surface area contributed by atoms with Crippen LogP contribution in [0.4, 0.5) is 5.69 Å². The van der Waals surface area contributed by atoms with E-state index in [9.17, 15) is 9.59 Å². The fourth-order valence-electron chi connectivity index (χ4n) is 1.47. The van der Waals surface area contributed by atoms with Gasteiger partial charge in [-0.3, -0.25) is 4.79 Å². The van der Waals surface area contributed by atoms with Crippen LogP contribution in [0, 0.1) is 0 Å². The van der Waals surface area contributed by atoms with Gasteiger partial charge in [0.15, 0.2) is 5.69 Å². The summed E-state index contributed by atoms with van der Waals surface area (Å²) in [6.45, 7) is 0.341. The maximum atomic E-state index is 11.0. The summed E-state index contributed by atoms with van der Waals surface area (Å²) in [7, 11) is 0. The molecule has 1 aromatic heterocycles. The van der Waals surface area contributed by atoms with Crippen LogP contribution in [0.25, 0.3) is 0 Å². The standard InChI is InChI=1S/C12H10ClN3O3S/c13-7-3-6(11(14)17)1-2-8(7)15-4-10-16-9(5-20-10)12(18)19/h1-3,5,15H,4H2,(H2,14,17)(H,18,19). The Labute approximate surface area is 123 Å². The van der Waals surface area contributed by atoms with Gasteiger partial charge in [0.2, 0.25) is 5.91 Å². The number of thiazole rings is 1. The lowest BCUT2D eigenvalue weighted by Crippen LogP contribution is -2.11. The van der Waals surface area contributed by atoms with Gasteiger partial charge in [0.1, 0.15) is 5.01 Å². The molecule has 0 fully saturated rings. The summed E-state index contributed by atoms with van der Waals surface area (Å²) in [6.07, 6.45) is 0. The average Bonchev–Trinajstić information content (AvgIpc) is 2.86. The van der Waals surface area contributed by atoms with Gasteiger partial charge in [-0.1, -0.05) is 11.6 Å². The molecule has 0 bridgehead atoms. The minimum atomic E-state index is -1.06. The van der Waals surface area contributed by atoms with Gasteiger partial charge < -0.3 is 16.2 Å². The van der Waals surface area contributed by atoms with Crippen LogP contribution in [0.15, 0.2) is 23.6 Å². The lowest BCUT2D eigenvalue weighted by atomic mass is 10.2. The van der Waals surface area contributed by atoms with Gasteiger partial charge in [0, 0.05) is 10.9 Å². The number of carbonyl (C=O) groups is 2. The largest absolute Gasteiger partial charge is 0.476 e. The van der Waals surface area contributed by atoms with Crippen molar-refractivity contribution in [2.45, 2.75) is 6.54 Å². The van der Waals surface area contributed by atoms with Crippen LogP contribution in [0.1, 0.15) is 25.9 Å². The third-order valence-electron chi connectivity index (χ3n) is 2.45.